The second kappa shape index (κ2) is 10.0. The third kappa shape index (κ3) is 4.73. The molecule has 8 nitrogen and oxygen atoms in total. The normalized spacial score (nSPS) is 16.4. The van der Waals surface area contributed by atoms with Gasteiger partial charge in [-0.05, 0) is 51.4 Å². The van der Waals surface area contributed by atoms with E-state index >= 15 is 0 Å². The Hall–Kier alpha value is -3.13. The number of benzene rings is 1. The maximum Gasteiger partial charge on any atom is 0.229 e. The number of hydrogen-bond acceptors (Lipinski definition) is 4. The van der Waals surface area contributed by atoms with Crippen LogP contribution in [-0.4, -0.2) is 63.8 Å². The number of anilines is 1. The molecule has 0 saturated carbocycles. The number of rotatable bonds is 9. The van der Waals surface area contributed by atoms with Crippen LogP contribution in [0.3, 0.4) is 0 Å². The SMILES string of the molecule is Cn1cc(-c2cc3n(n2)CCC(=O)N3CCCC(=O)NCCCN2CCCC2)c2ccccc21. The molecule has 0 aliphatic carbocycles. The van der Waals surface area contributed by atoms with Gasteiger partial charge in [-0.1, -0.05) is 18.2 Å². The van der Waals surface area contributed by atoms with Crippen LogP contribution in [-0.2, 0) is 23.2 Å². The number of amides is 2. The van der Waals surface area contributed by atoms with Crippen LogP contribution in [0.15, 0.2) is 36.5 Å². The molecule has 0 radical (unpaired) electrons. The number of likely N-dealkylation sites (tertiary alicyclic amines) is 1. The van der Waals surface area contributed by atoms with Crippen molar-refractivity contribution in [2.45, 2.75) is 45.1 Å². The van der Waals surface area contributed by atoms with Gasteiger partial charge >= 0.3 is 0 Å². The Morgan fingerprint density at radius 2 is 1.91 bits per heavy atom. The molecule has 180 valence electrons. The van der Waals surface area contributed by atoms with Gasteiger partial charge in [-0.2, -0.15) is 5.10 Å². The molecular formula is C26H34N6O2. The van der Waals surface area contributed by atoms with E-state index < -0.39 is 0 Å². The Morgan fingerprint density at radius 1 is 1.09 bits per heavy atom. The predicted octanol–water partition coefficient (Wildman–Crippen LogP) is 3.16. The van der Waals surface area contributed by atoms with Crippen LogP contribution in [0.2, 0.25) is 0 Å². The van der Waals surface area contributed by atoms with Gasteiger partial charge in [0.2, 0.25) is 11.8 Å². The topological polar surface area (TPSA) is 75.4 Å². The summed E-state index contributed by atoms with van der Waals surface area (Å²) in [6, 6.07) is 10.3. The largest absolute Gasteiger partial charge is 0.356 e. The monoisotopic (exact) mass is 462 g/mol. The summed E-state index contributed by atoms with van der Waals surface area (Å²) >= 11 is 0. The summed E-state index contributed by atoms with van der Waals surface area (Å²) in [6.07, 6.45) is 7.18. The Balaban J connectivity index is 1.18. The van der Waals surface area contributed by atoms with Crippen molar-refractivity contribution in [1.29, 1.82) is 0 Å². The van der Waals surface area contributed by atoms with Crippen molar-refractivity contribution < 1.29 is 9.59 Å². The van der Waals surface area contributed by atoms with Crippen LogP contribution in [0.25, 0.3) is 22.2 Å². The quantitative estimate of drug-likeness (QED) is 0.496. The molecule has 2 aliphatic heterocycles. The van der Waals surface area contributed by atoms with Gasteiger partial charge in [-0.3, -0.25) is 14.5 Å². The highest BCUT2D eigenvalue weighted by Gasteiger charge is 2.27. The molecule has 8 heteroatoms. The van der Waals surface area contributed by atoms with Gasteiger partial charge in [0, 0.05) is 61.7 Å². The molecule has 0 bridgehead atoms. The van der Waals surface area contributed by atoms with Crippen LogP contribution in [0.1, 0.15) is 38.5 Å². The zero-order valence-electron chi connectivity index (χ0n) is 20.0. The molecule has 1 fully saturated rings. The lowest BCUT2D eigenvalue weighted by Gasteiger charge is -2.27. The molecule has 5 rings (SSSR count). The lowest BCUT2D eigenvalue weighted by atomic mass is 10.1. The van der Waals surface area contributed by atoms with Gasteiger partial charge in [0.25, 0.3) is 0 Å². The summed E-state index contributed by atoms with van der Waals surface area (Å²) in [4.78, 5) is 29.2. The van der Waals surface area contributed by atoms with Crippen molar-refractivity contribution in [3.8, 4) is 11.3 Å². The van der Waals surface area contributed by atoms with E-state index in [9.17, 15) is 9.59 Å². The Morgan fingerprint density at radius 3 is 2.76 bits per heavy atom. The molecular weight excluding hydrogens is 428 g/mol. The van der Waals surface area contributed by atoms with Crippen LogP contribution >= 0.6 is 0 Å². The minimum absolute atomic E-state index is 0.0656. The maximum absolute atomic E-state index is 12.7. The fourth-order valence-electron chi connectivity index (χ4n) is 5.19. The van der Waals surface area contributed by atoms with Crippen molar-refractivity contribution in [2.75, 3.05) is 37.6 Å². The Labute approximate surface area is 200 Å². The average Bonchev–Trinajstić information content (AvgIpc) is 3.58. The molecule has 0 atom stereocenters. The van der Waals surface area contributed by atoms with Gasteiger partial charge < -0.3 is 14.8 Å². The summed E-state index contributed by atoms with van der Waals surface area (Å²) in [5.41, 5.74) is 3.10. The number of nitrogens with one attached hydrogen (secondary N) is 1. The number of carbonyl (C=O) groups excluding carboxylic acids is 2. The summed E-state index contributed by atoms with van der Waals surface area (Å²) in [7, 11) is 2.04. The van der Waals surface area contributed by atoms with Crippen molar-refractivity contribution >= 4 is 28.5 Å². The fourth-order valence-corrected chi connectivity index (χ4v) is 5.19. The number of aryl methyl sites for hydroxylation is 2. The second-order valence-corrected chi connectivity index (χ2v) is 9.43. The zero-order chi connectivity index (χ0) is 23.5. The smallest absolute Gasteiger partial charge is 0.229 e. The van der Waals surface area contributed by atoms with Crippen LogP contribution < -0.4 is 10.2 Å². The highest BCUT2D eigenvalue weighted by atomic mass is 16.2. The third-order valence-electron chi connectivity index (χ3n) is 7.00. The molecule has 3 aromatic rings. The van der Waals surface area contributed by atoms with E-state index in [2.05, 4.69) is 33.1 Å². The minimum atomic E-state index is 0.0656. The van der Waals surface area contributed by atoms with Crippen LogP contribution in [0.4, 0.5) is 5.82 Å². The molecule has 2 aliphatic rings. The Bertz CT molecular complexity index is 1170. The Kier molecular flexibility index (Phi) is 6.67. The van der Waals surface area contributed by atoms with E-state index in [0.717, 1.165) is 47.5 Å². The number of carbonyl (C=O) groups is 2. The molecule has 0 unspecified atom stereocenters. The number of fused-ring (bicyclic) bond motifs is 2. The summed E-state index contributed by atoms with van der Waals surface area (Å²) in [6.45, 7) is 5.28. The minimum Gasteiger partial charge on any atom is -0.356 e. The number of aromatic nitrogens is 3. The average molecular weight is 463 g/mol. The van der Waals surface area contributed by atoms with Crippen molar-refractivity contribution in [2.24, 2.45) is 7.05 Å². The highest BCUT2D eigenvalue weighted by Crippen LogP contribution is 2.33. The highest BCUT2D eigenvalue weighted by molar-refractivity contribution is 5.98. The van der Waals surface area contributed by atoms with Crippen LogP contribution in [0, 0.1) is 0 Å². The molecule has 2 aromatic heterocycles. The van der Waals surface area contributed by atoms with Gasteiger partial charge in [0.1, 0.15) is 5.82 Å². The first-order valence-corrected chi connectivity index (χ1v) is 12.5. The first-order chi connectivity index (χ1) is 16.6. The molecule has 1 aromatic carbocycles. The van der Waals surface area contributed by atoms with Crippen molar-refractivity contribution in [1.82, 2.24) is 24.6 Å². The van der Waals surface area contributed by atoms with Crippen molar-refractivity contribution in [3.63, 3.8) is 0 Å². The summed E-state index contributed by atoms with van der Waals surface area (Å²) in [5.74, 6) is 0.990. The van der Waals surface area contributed by atoms with E-state index in [-0.39, 0.29) is 11.8 Å². The number of para-hydroxylation sites is 1. The third-order valence-corrected chi connectivity index (χ3v) is 7.00. The maximum atomic E-state index is 12.7. The van der Waals surface area contributed by atoms with Gasteiger partial charge in [-0.15, -0.1) is 0 Å². The molecule has 2 amide bonds. The first-order valence-electron chi connectivity index (χ1n) is 12.5. The summed E-state index contributed by atoms with van der Waals surface area (Å²) < 4.78 is 4.03. The molecule has 4 heterocycles. The van der Waals surface area contributed by atoms with Gasteiger partial charge in [0.05, 0.1) is 12.2 Å². The lowest BCUT2D eigenvalue weighted by Crippen LogP contribution is -2.38. The predicted molar refractivity (Wildman–Crippen MR) is 134 cm³/mol. The second-order valence-electron chi connectivity index (χ2n) is 9.43. The van der Waals surface area contributed by atoms with E-state index in [1.807, 2.05) is 29.9 Å². The standard InChI is InChI=1S/C26H34N6O2/c1-29-19-21(20-8-2-3-9-23(20)29)22-18-25-31(26(34)11-17-32(25)28-22)16-6-10-24(33)27-12-7-15-30-13-4-5-14-30/h2-3,8-9,18-19H,4-7,10-17H2,1H3,(H,27,33). The van der Waals surface area contributed by atoms with Gasteiger partial charge in [0.15, 0.2) is 0 Å². The lowest BCUT2D eigenvalue weighted by molar-refractivity contribution is -0.122. The number of nitrogens with zero attached hydrogens (tertiary/aromatic N) is 5. The molecule has 1 N–H and O–H groups in total. The zero-order valence-corrected chi connectivity index (χ0v) is 20.0. The van der Waals surface area contributed by atoms with E-state index in [4.69, 9.17) is 5.10 Å². The van der Waals surface area contributed by atoms with E-state index in [1.54, 1.807) is 4.90 Å². The number of hydrogen-bond donors (Lipinski definition) is 1. The fraction of sp³-hybridized carbons (Fsp3) is 0.500. The molecule has 1 saturated heterocycles. The molecule has 0 spiro atoms. The van der Waals surface area contributed by atoms with Crippen molar-refractivity contribution in [3.05, 3.63) is 36.5 Å². The molecule has 34 heavy (non-hydrogen) atoms. The van der Waals surface area contributed by atoms with E-state index in [0.29, 0.717) is 32.4 Å². The van der Waals surface area contributed by atoms with E-state index in [1.165, 1.54) is 25.9 Å². The first kappa shape index (κ1) is 22.7. The van der Waals surface area contributed by atoms with Gasteiger partial charge in [-0.25, -0.2) is 4.68 Å². The van der Waals surface area contributed by atoms with Crippen LogP contribution in [0.5, 0.6) is 0 Å². The summed E-state index contributed by atoms with van der Waals surface area (Å²) in [5, 5.41) is 9.00.